The smallest absolute Gasteiger partial charge is 0.261 e. The zero-order valence-corrected chi connectivity index (χ0v) is 10.2. The van der Waals surface area contributed by atoms with Crippen LogP contribution in [0.3, 0.4) is 0 Å². The standard InChI is InChI=1S/C13H14N2O4/c16-9-3-4-10(11(17)6-9)13-14-12(15-19-13)8-2-1-5-18-7-8/h3-4,6,8,16-17H,1-2,5,7H2. The van der Waals surface area contributed by atoms with Gasteiger partial charge in [0.2, 0.25) is 0 Å². The van der Waals surface area contributed by atoms with Gasteiger partial charge in [0, 0.05) is 18.6 Å². The number of ether oxygens (including phenoxy) is 1. The highest BCUT2D eigenvalue weighted by molar-refractivity contribution is 5.63. The Morgan fingerprint density at radius 2 is 2.16 bits per heavy atom. The quantitative estimate of drug-likeness (QED) is 0.861. The first-order chi connectivity index (χ1) is 9.24. The highest BCUT2D eigenvalue weighted by atomic mass is 16.5. The summed E-state index contributed by atoms with van der Waals surface area (Å²) in [4.78, 5) is 4.30. The molecule has 1 atom stereocenters. The Balaban J connectivity index is 1.87. The van der Waals surface area contributed by atoms with Gasteiger partial charge >= 0.3 is 0 Å². The zero-order valence-electron chi connectivity index (χ0n) is 10.2. The summed E-state index contributed by atoms with van der Waals surface area (Å²) in [5.74, 6) is 0.891. The van der Waals surface area contributed by atoms with Gasteiger partial charge in [-0.05, 0) is 25.0 Å². The summed E-state index contributed by atoms with van der Waals surface area (Å²) in [7, 11) is 0. The predicted molar refractivity (Wildman–Crippen MR) is 65.9 cm³/mol. The average Bonchev–Trinajstić information content (AvgIpc) is 2.89. The van der Waals surface area contributed by atoms with Crippen LogP contribution in [0.4, 0.5) is 0 Å². The molecule has 6 nitrogen and oxygen atoms in total. The molecule has 6 heteroatoms. The van der Waals surface area contributed by atoms with E-state index in [0.717, 1.165) is 19.4 Å². The van der Waals surface area contributed by atoms with Gasteiger partial charge in [-0.15, -0.1) is 0 Å². The van der Waals surface area contributed by atoms with E-state index < -0.39 is 0 Å². The van der Waals surface area contributed by atoms with Crippen LogP contribution in [0.2, 0.25) is 0 Å². The summed E-state index contributed by atoms with van der Waals surface area (Å²) in [5, 5.41) is 22.9. The second-order valence-electron chi connectivity index (χ2n) is 4.57. The lowest BCUT2D eigenvalue weighted by Crippen LogP contribution is -2.16. The van der Waals surface area contributed by atoms with E-state index >= 15 is 0 Å². The molecule has 0 amide bonds. The number of rotatable bonds is 2. The van der Waals surface area contributed by atoms with E-state index in [1.165, 1.54) is 12.1 Å². The first kappa shape index (κ1) is 12.0. The van der Waals surface area contributed by atoms with Gasteiger partial charge < -0.3 is 19.5 Å². The maximum atomic E-state index is 9.75. The summed E-state index contributed by atoms with van der Waals surface area (Å²) in [6.45, 7) is 1.38. The fraction of sp³-hybridized carbons (Fsp3) is 0.385. The molecular weight excluding hydrogens is 248 g/mol. The number of aromatic hydroxyl groups is 2. The minimum atomic E-state index is -0.0879. The topological polar surface area (TPSA) is 88.6 Å². The fourth-order valence-electron chi connectivity index (χ4n) is 2.16. The Bertz CT molecular complexity index is 576. The summed E-state index contributed by atoms with van der Waals surface area (Å²) in [5.41, 5.74) is 0.410. The van der Waals surface area contributed by atoms with Crippen LogP contribution in [0.15, 0.2) is 22.7 Å². The van der Waals surface area contributed by atoms with E-state index in [9.17, 15) is 10.2 Å². The predicted octanol–water partition coefficient (Wildman–Crippen LogP) is 2.04. The minimum Gasteiger partial charge on any atom is -0.508 e. The summed E-state index contributed by atoms with van der Waals surface area (Å²) >= 11 is 0. The van der Waals surface area contributed by atoms with Crippen molar-refractivity contribution < 1.29 is 19.5 Å². The molecular formula is C13H14N2O4. The van der Waals surface area contributed by atoms with Crippen LogP contribution in [0, 0.1) is 0 Å². The van der Waals surface area contributed by atoms with Gasteiger partial charge in [-0.1, -0.05) is 5.16 Å². The highest BCUT2D eigenvalue weighted by Crippen LogP contribution is 2.32. The Kier molecular flexibility index (Phi) is 3.08. The SMILES string of the molecule is Oc1ccc(-c2nc(C3CCCOC3)no2)c(O)c1. The monoisotopic (exact) mass is 262 g/mol. The lowest BCUT2D eigenvalue weighted by atomic mass is 10.0. The third-order valence-electron chi connectivity index (χ3n) is 3.18. The molecule has 100 valence electrons. The average molecular weight is 262 g/mol. The minimum absolute atomic E-state index is 0.0123. The van der Waals surface area contributed by atoms with Gasteiger partial charge in [0.15, 0.2) is 5.82 Å². The van der Waals surface area contributed by atoms with Gasteiger partial charge in [-0.25, -0.2) is 0 Å². The number of hydrogen-bond acceptors (Lipinski definition) is 6. The largest absolute Gasteiger partial charge is 0.508 e. The molecule has 0 saturated carbocycles. The third kappa shape index (κ3) is 2.39. The van der Waals surface area contributed by atoms with E-state index in [4.69, 9.17) is 9.26 Å². The number of nitrogens with zero attached hydrogens (tertiary/aromatic N) is 2. The van der Waals surface area contributed by atoms with Crippen molar-refractivity contribution in [3.63, 3.8) is 0 Å². The van der Waals surface area contributed by atoms with Crippen LogP contribution in [0.5, 0.6) is 11.5 Å². The van der Waals surface area contributed by atoms with Gasteiger partial charge in [0.25, 0.3) is 5.89 Å². The first-order valence-corrected chi connectivity index (χ1v) is 6.18. The molecule has 0 aliphatic carbocycles. The molecule has 2 heterocycles. The molecule has 1 saturated heterocycles. The lowest BCUT2D eigenvalue weighted by Gasteiger charge is -2.18. The first-order valence-electron chi connectivity index (χ1n) is 6.18. The normalized spacial score (nSPS) is 19.5. The van der Waals surface area contributed by atoms with E-state index in [0.29, 0.717) is 18.0 Å². The van der Waals surface area contributed by atoms with Crippen molar-refractivity contribution in [3.05, 3.63) is 24.0 Å². The molecule has 1 aromatic carbocycles. The molecule has 2 aromatic rings. The second-order valence-corrected chi connectivity index (χ2v) is 4.57. The Morgan fingerprint density at radius 1 is 1.26 bits per heavy atom. The van der Waals surface area contributed by atoms with Crippen LogP contribution < -0.4 is 0 Å². The van der Waals surface area contributed by atoms with Crippen molar-refractivity contribution in [3.8, 4) is 23.0 Å². The second kappa shape index (κ2) is 4.89. The number of phenols is 2. The van der Waals surface area contributed by atoms with E-state index in [1.54, 1.807) is 6.07 Å². The van der Waals surface area contributed by atoms with Crippen LogP contribution in [-0.4, -0.2) is 33.6 Å². The van der Waals surface area contributed by atoms with Gasteiger partial charge in [0.05, 0.1) is 12.2 Å². The van der Waals surface area contributed by atoms with E-state index in [2.05, 4.69) is 10.1 Å². The van der Waals surface area contributed by atoms with E-state index in [-0.39, 0.29) is 23.3 Å². The maximum absolute atomic E-state index is 9.75. The van der Waals surface area contributed by atoms with Crippen LogP contribution in [0.25, 0.3) is 11.5 Å². The fourth-order valence-corrected chi connectivity index (χ4v) is 2.16. The molecule has 1 aliphatic heterocycles. The van der Waals surface area contributed by atoms with Crippen molar-refractivity contribution in [2.45, 2.75) is 18.8 Å². The van der Waals surface area contributed by atoms with E-state index in [1.807, 2.05) is 0 Å². The molecule has 1 unspecified atom stereocenters. The molecule has 0 bridgehead atoms. The van der Waals surface area contributed by atoms with Crippen molar-refractivity contribution in [2.75, 3.05) is 13.2 Å². The molecule has 19 heavy (non-hydrogen) atoms. The van der Waals surface area contributed by atoms with Crippen LogP contribution in [0.1, 0.15) is 24.6 Å². The summed E-state index contributed by atoms with van der Waals surface area (Å²) in [6, 6.07) is 4.24. The lowest BCUT2D eigenvalue weighted by molar-refractivity contribution is 0.0773. The summed E-state index contributed by atoms with van der Waals surface area (Å²) < 4.78 is 10.6. The molecule has 1 fully saturated rings. The van der Waals surface area contributed by atoms with Gasteiger partial charge in [-0.3, -0.25) is 0 Å². The number of hydrogen-bond donors (Lipinski definition) is 2. The van der Waals surface area contributed by atoms with Gasteiger partial charge in [0.1, 0.15) is 11.5 Å². The van der Waals surface area contributed by atoms with Crippen molar-refractivity contribution in [1.82, 2.24) is 10.1 Å². The Labute approximate surface area is 109 Å². The van der Waals surface area contributed by atoms with Crippen LogP contribution in [-0.2, 0) is 4.74 Å². The van der Waals surface area contributed by atoms with Crippen molar-refractivity contribution in [1.29, 1.82) is 0 Å². The molecule has 3 rings (SSSR count). The van der Waals surface area contributed by atoms with Crippen molar-refractivity contribution >= 4 is 0 Å². The van der Waals surface area contributed by atoms with Crippen molar-refractivity contribution in [2.24, 2.45) is 0 Å². The molecule has 0 radical (unpaired) electrons. The Morgan fingerprint density at radius 3 is 2.89 bits per heavy atom. The summed E-state index contributed by atoms with van der Waals surface area (Å²) in [6.07, 6.45) is 1.96. The highest BCUT2D eigenvalue weighted by Gasteiger charge is 2.22. The third-order valence-corrected chi connectivity index (χ3v) is 3.18. The maximum Gasteiger partial charge on any atom is 0.261 e. The molecule has 1 aliphatic rings. The Hall–Kier alpha value is -2.08. The number of aromatic nitrogens is 2. The molecule has 1 aromatic heterocycles. The number of phenolic OH excluding ortho intramolecular Hbond substituents is 2. The number of benzene rings is 1. The zero-order chi connectivity index (χ0) is 13.2. The van der Waals surface area contributed by atoms with Crippen LogP contribution >= 0.6 is 0 Å². The molecule has 0 spiro atoms. The molecule has 2 N–H and O–H groups in total. The van der Waals surface area contributed by atoms with Gasteiger partial charge in [-0.2, -0.15) is 4.98 Å².